The molecule has 2 nitrogen and oxygen atoms in total. The Balaban J connectivity index is 1.78. The Kier molecular flexibility index (Phi) is 4.28. The molecule has 1 aliphatic carbocycles. The molecule has 2 heteroatoms. The van der Waals surface area contributed by atoms with Gasteiger partial charge in [-0.1, -0.05) is 50.5 Å². The standard InChI is InChI=1S/C20H22O2/c1-2-3-4-5-6-14-7-9-18-16(11-14)13-17-12-15(20(21)22)8-10-19(17)18/h7-12H,2-6,13H2,1H3,(H,21,22). The van der Waals surface area contributed by atoms with E-state index in [1.165, 1.54) is 47.9 Å². The van der Waals surface area contributed by atoms with E-state index in [0.29, 0.717) is 5.56 Å². The number of benzene rings is 2. The number of rotatable bonds is 6. The smallest absolute Gasteiger partial charge is 0.335 e. The third kappa shape index (κ3) is 2.92. The Hall–Kier alpha value is -2.09. The molecular weight excluding hydrogens is 272 g/mol. The quantitative estimate of drug-likeness (QED) is 0.644. The molecule has 2 aromatic rings. The van der Waals surface area contributed by atoms with E-state index in [0.717, 1.165) is 18.4 Å². The van der Waals surface area contributed by atoms with E-state index in [1.807, 2.05) is 12.1 Å². The van der Waals surface area contributed by atoms with E-state index in [1.54, 1.807) is 6.07 Å². The minimum Gasteiger partial charge on any atom is -0.478 e. The van der Waals surface area contributed by atoms with Crippen LogP contribution in [0.3, 0.4) is 0 Å². The molecular formula is C20H22O2. The zero-order valence-electron chi connectivity index (χ0n) is 13.1. The molecule has 114 valence electrons. The van der Waals surface area contributed by atoms with Gasteiger partial charge in [0.15, 0.2) is 0 Å². The average molecular weight is 294 g/mol. The van der Waals surface area contributed by atoms with Crippen molar-refractivity contribution in [3.8, 4) is 11.1 Å². The Labute approximate surface area is 131 Å². The molecule has 0 saturated heterocycles. The molecule has 0 bridgehead atoms. The van der Waals surface area contributed by atoms with Gasteiger partial charge in [0.25, 0.3) is 0 Å². The number of hydrogen-bond donors (Lipinski definition) is 1. The van der Waals surface area contributed by atoms with Gasteiger partial charge in [-0.25, -0.2) is 4.79 Å². The summed E-state index contributed by atoms with van der Waals surface area (Å²) in [4.78, 5) is 11.1. The minimum atomic E-state index is -0.852. The molecule has 1 N–H and O–H groups in total. The summed E-state index contributed by atoms with van der Waals surface area (Å²) < 4.78 is 0. The van der Waals surface area contributed by atoms with Crippen LogP contribution >= 0.6 is 0 Å². The maximum atomic E-state index is 11.1. The highest BCUT2D eigenvalue weighted by atomic mass is 16.4. The van der Waals surface area contributed by atoms with Gasteiger partial charge in [-0.15, -0.1) is 0 Å². The molecule has 0 unspecified atom stereocenters. The van der Waals surface area contributed by atoms with Gasteiger partial charge in [-0.05, 0) is 59.2 Å². The van der Waals surface area contributed by atoms with Crippen LogP contribution in [0.2, 0.25) is 0 Å². The molecule has 3 rings (SSSR count). The van der Waals surface area contributed by atoms with E-state index in [9.17, 15) is 4.79 Å². The number of aryl methyl sites for hydroxylation is 1. The van der Waals surface area contributed by atoms with Crippen LogP contribution < -0.4 is 0 Å². The molecule has 22 heavy (non-hydrogen) atoms. The number of carboxylic acid groups (broad SMARTS) is 1. The molecule has 0 aliphatic heterocycles. The van der Waals surface area contributed by atoms with Crippen molar-refractivity contribution in [1.29, 1.82) is 0 Å². The zero-order chi connectivity index (χ0) is 15.5. The fourth-order valence-electron chi connectivity index (χ4n) is 3.31. The monoisotopic (exact) mass is 294 g/mol. The molecule has 0 radical (unpaired) electrons. The number of fused-ring (bicyclic) bond motifs is 3. The molecule has 0 aromatic heterocycles. The largest absolute Gasteiger partial charge is 0.478 e. The van der Waals surface area contributed by atoms with Crippen molar-refractivity contribution in [1.82, 2.24) is 0 Å². The number of carboxylic acids is 1. The van der Waals surface area contributed by atoms with Crippen molar-refractivity contribution in [2.75, 3.05) is 0 Å². The first-order chi connectivity index (χ1) is 10.7. The lowest BCUT2D eigenvalue weighted by Crippen LogP contribution is -1.96. The molecule has 0 atom stereocenters. The first kappa shape index (κ1) is 14.8. The topological polar surface area (TPSA) is 37.3 Å². The SMILES string of the molecule is CCCCCCc1ccc2c(c1)Cc1cc(C(=O)O)ccc1-2. The first-order valence-corrected chi connectivity index (χ1v) is 8.17. The summed E-state index contributed by atoms with van der Waals surface area (Å²) >= 11 is 0. The van der Waals surface area contributed by atoms with Crippen molar-refractivity contribution >= 4 is 5.97 Å². The van der Waals surface area contributed by atoms with E-state index in [-0.39, 0.29) is 0 Å². The molecule has 0 saturated carbocycles. The van der Waals surface area contributed by atoms with Gasteiger partial charge >= 0.3 is 5.97 Å². The van der Waals surface area contributed by atoms with E-state index >= 15 is 0 Å². The summed E-state index contributed by atoms with van der Waals surface area (Å²) in [5, 5.41) is 9.12. The molecule has 0 fully saturated rings. The molecule has 1 aliphatic rings. The summed E-state index contributed by atoms with van der Waals surface area (Å²) in [7, 11) is 0. The second-order valence-corrected chi connectivity index (χ2v) is 6.16. The third-order valence-corrected chi connectivity index (χ3v) is 4.51. The maximum absolute atomic E-state index is 11.1. The highest BCUT2D eigenvalue weighted by Gasteiger charge is 2.19. The van der Waals surface area contributed by atoms with E-state index < -0.39 is 5.97 Å². The summed E-state index contributed by atoms with van der Waals surface area (Å²) in [5.41, 5.74) is 6.72. The lowest BCUT2D eigenvalue weighted by atomic mass is 10.00. The molecule has 0 heterocycles. The normalized spacial score (nSPS) is 12.0. The summed E-state index contributed by atoms with van der Waals surface area (Å²) in [6.45, 7) is 2.23. The highest BCUT2D eigenvalue weighted by molar-refractivity contribution is 5.90. The van der Waals surface area contributed by atoms with Gasteiger partial charge in [0.1, 0.15) is 0 Å². The number of unbranched alkanes of at least 4 members (excludes halogenated alkanes) is 3. The molecule has 0 spiro atoms. The van der Waals surface area contributed by atoms with Gasteiger partial charge in [0.2, 0.25) is 0 Å². The molecule has 2 aromatic carbocycles. The maximum Gasteiger partial charge on any atom is 0.335 e. The van der Waals surface area contributed by atoms with Gasteiger partial charge in [0, 0.05) is 0 Å². The van der Waals surface area contributed by atoms with Crippen molar-refractivity contribution < 1.29 is 9.90 Å². The van der Waals surface area contributed by atoms with Gasteiger partial charge in [-0.2, -0.15) is 0 Å². The number of aromatic carboxylic acids is 1. The van der Waals surface area contributed by atoms with Crippen LogP contribution in [-0.4, -0.2) is 11.1 Å². The van der Waals surface area contributed by atoms with Crippen LogP contribution in [0.1, 0.15) is 59.7 Å². The molecule has 0 amide bonds. The summed E-state index contributed by atoms with van der Waals surface area (Å²) in [6.07, 6.45) is 7.14. The van der Waals surface area contributed by atoms with Gasteiger partial charge < -0.3 is 5.11 Å². The van der Waals surface area contributed by atoms with Crippen LogP contribution in [0, 0.1) is 0 Å². The van der Waals surface area contributed by atoms with Crippen LogP contribution in [0.15, 0.2) is 36.4 Å². The predicted molar refractivity (Wildman–Crippen MR) is 89.5 cm³/mol. The van der Waals surface area contributed by atoms with Gasteiger partial charge in [0.05, 0.1) is 5.56 Å². The predicted octanol–water partition coefficient (Wildman–Crippen LogP) is 5.08. The Morgan fingerprint density at radius 1 is 1.00 bits per heavy atom. The Bertz CT molecular complexity index is 701. The van der Waals surface area contributed by atoms with Crippen LogP contribution in [-0.2, 0) is 12.8 Å². The van der Waals surface area contributed by atoms with Crippen LogP contribution in [0.4, 0.5) is 0 Å². The summed E-state index contributed by atoms with van der Waals surface area (Å²) in [6, 6.07) is 12.2. The second-order valence-electron chi connectivity index (χ2n) is 6.16. The number of hydrogen-bond acceptors (Lipinski definition) is 1. The van der Waals surface area contributed by atoms with E-state index in [2.05, 4.69) is 25.1 Å². The average Bonchev–Trinajstić information content (AvgIpc) is 2.88. The lowest BCUT2D eigenvalue weighted by molar-refractivity contribution is 0.0697. The Morgan fingerprint density at radius 2 is 1.73 bits per heavy atom. The second kappa shape index (κ2) is 6.35. The third-order valence-electron chi connectivity index (χ3n) is 4.51. The minimum absolute atomic E-state index is 0.381. The van der Waals surface area contributed by atoms with Gasteiger partial charge in [-0.3, -0.25) is 0 Å². The lowest BCUT2D eigenvalue weighted by Gasteiger charge is -2.05. The van der Waals surface area contributed by atoms with Crippen LogP contribution in [0.5, 0.6) is 0 Å². The van der Waals surface area contributed by atoms with Crippen molar-refractivity contribution in [2.45, 2.75) is 45.4 Å². The van der Waals surface area contributed by atoms with Crippen molar-refractivity contribution in [2.24, 2.45) is 0 Å². The number of carbonyl (C=O) groups is 1. The Morgan fingerprint density at radius 3 is 2.45 bits per heavy atom. The van der Waals surface area contributed by atoms with Crippen LogP contribution in [0.25, 0.3) is 11.1 Å². The highest BCUT2D eigenvalue weighted by Crippen LogP contribution is 2.37. The summed E-state index contributed by atoms with van der Waals surface area (Å²) in [5.74, 6) is -0.852. The van der Waals surface area contributed by atoms with E-state index in [4.69, 9.17) is 5.11 Å². The van der Waals surface area contributed by atoms with Crippen molar-refractivity contribution in [3.63, 3.8) is 0 Å². The first-order valence-electron chi connectivity index (χ1n) is 8.17. The zero-order valence-corrected chi connectivity index (χ0v) is 13.1. The fraction of sp³-hybridized carbons (Fsp3) is 0.350. The van der Waals surface area contributed by atoms with Crippen molar-refractivity contribution in [3.05, 3.63) is 58.7 Å². The fourth-order valence-corrected chi connectivity index (χ4v) is 3.31.